The van der Waals surface area contributed by atoms with Gasteiger partial charge in [0.2, 0.25) is 0 Å². The molecule has 1 aromatic carbocycles. The van der Waals surface area contributed by atoms with Crippen molar-refractivity contribution in [1.82, 2.24) is 0 Å². The molecule has 3 rings (SSSR count). The molecule has 1 N–H and O–H groups in total. The number of carboxylic acid groups (broad SMARTS) is 1. The van der Waals surface area contributed by atoms with Crippen molar-refractivity contribution in [2.75, 3.05) is 13.2 Å². The Labute approximate surface area is 122 Å². The smallest absolute Gasteiger partial charge is 0.314 e. The van der Waals surface area contributed by atoms with Crippen molar-refractivity contribution in [3.05, 3.63) is 23.3 Å². The highest BCUT2D eigenvalue weighted by atomic mass is 19.1. The largest absolute Gasteiger partial charge is 0.486 e. The molecule has 0 aromatic heterocycles. The van der Waals surface area contributed by atoms with E-state index in [1.807, 2.05) is 0 Å². The molecule has 1 heterocycles. The molecule has 0 amide bonds. The van der Waals surface area contributed by atoms with Crippen LogP contribution in [0.25, 0.3) is 0 Å². The molecular formula is C16H19FO4. The topological polar surface area (TPSA) is 55.8 Å². The van der Waals surface area contributed by atoms with E-state index in [0.29, 0.717) is 48.7 Å². The number of ether oxygens (including phenoxy) is 2. The summed E-state index contributed by atoms with van der Waals surface area (Å²) in [4.78, 5) is 11.9. The van der Waals surface area contributed by atoms with Crippen LogP contribution in [-0.4, -0.2) is 24.3 Å². The summed E-state index contributed by atoms with van der Waals surface area (Å²) in [7, 11) is 0. The molecule has 1 saturated carbocycles. The van der Waals surface area contributed by atoms with E-state index in [-0.39, 0.29) is 0 Å². The summed E-state index contributed by atoms with van der Waals surface area (Å²) in [6.45, 7) is 2.28. The quantitative estimate of drug-likeness (QED) is 0.928. The van der Waals surface area contributed by atoms with Gasteiger partial charge in [0.05, 0.1) is 5.41 Å². The van der Waals surface area contributed by atoms with Crippen LogP contribution in [0.5, 0.6) is 11.5 Å². The molecule has 1 aromatic rings. The van der Waals surface area contributed by atoms with Crippen molar-refractivity contribution < 1.29 is 23.8 Å². The van der Waals surface area contributed by atoms with Gasteiger partial charge in [-0.1, -0.05) is 12.8 Å². The lowest BCUT2D eigenvalue weighted by molar-refractivity contribution is -0.143. The lowest BCUT2D eigenvalue weighted by Gasteiger charge is -2.30. The molecule has 1 unspecified atom stereocenters. The molecule has 0 saturated heterocycles. The lowest BCUT2D eigenvalue weighted by atomic mass is 9.75. The normalized spacial score (nSPS) is 21.0. The third-order valence-electron chi connectivity index (χ3n) is 4.52. The van der Waals surface area contributed by atoms with Crippen LogP contribution in [0.2, 0.25) is 0 Å². The lowest BCUT2D eigenvalue weighted by Crippen LogP contribution is -2.34. The second-order valence-electron chi connectivity index (χ2n) is 5.79. The van der Waals surface area contributed by atoms with Gasteiger partial charge in [0, 0.05) is 0 Å². The van der Waals surface area contributed by atoms with Crippen molar-refractivity contribution >= 4 is 5.97 Å². The Morgan fingerprint density at radius 1 is 1.24 bits per heavy atom. The fourth-order valence-corrected chi connectivity index (χ4v) is 3.43. The first-order valence-corrected chi connectivity index (χ1v) is 7.36. The minimum atomic E-state index is -1.24. The Morgan fingerprint density at radius 2 is 1.81 bits per heavy atom. The predicted molar refractivity (Wildman–Crippen MR) is 74.7 cm³/mol. The number of fused-ring (bicyclic) bond motifs is 1. The van der Waals surface area contributed by atoms with Crippen LogP contribution in [0.3, 0.4) is 0 Å². The highest BCUT2D eigenvalue weighted by molar-refractivity contribution is 5.83. The number of hydrogen-bond donors (Lipinski definition) is 1. The van der Waals surface area contributed by atoms with E-state index >= 15 is 0 Å². The molecule has 1 fully saturated rings. The van der Waals surface area contributed by atoms with Gasteiger partial charge in [-0.3, -0.25) is 4.79 Å². The number of carboxylic acids is 1. The van der Waals surface area contributed by atoms with Gasteiger partial charge in [-0.25, -0.2) is 4.39 Å². The number of halogens is 1. The van der Waals surface area contributed by atoms with Gasteiger partial charge >= 0.3 is 5.97 Å². The summed E-state index contributed by atoms with van der Waals surface area (Å²) in [6, 6.07) is 3.29. The summed E-state index contributed by atoms with van der Waals surface area (Å²) < 4.78 is 25.1. The summed E-state index contributed by atoms with van der Waals surface area (Å²) >= 11 is 0. The van der Waals surface area contributed by atoms with Crippen LogP contribution in [0, 0.1) is 0 Å². The number of benzene rings is 1. The maximum absolute atomic E-state index is 14.1. The van der Waals surface area contributed by atoms with Crippen LogP contribution in [0.4, 0.5) is 4.39 Å². The fourth-order valence-electron chi connectivity index (χ4n) is 3.43. The zero-order valence-corrected chi connectivity index (χ0v) is 12.0. The van der Waals surface area contributed by atoms with Crippen LogP contribution in [0.1, 0.15) is 49.9 Å². The van der Waals surface area contributed by atoms with E-state index in [1.165, 1.54) is 6.92 Å². The average molecular weight is 294 g/mol. The first-order chi connectivity index (χ1) is 10.0. The van der Waals surface area contributed by atoms with Crippen molar-refractivity contribution in [1.29, 1.82) is 0 Å². The molecule has 1 aliphatic carbocycles. The monoisotopic (exact) mass is 294 g/mol. The Hall–Kier alpha value is -1.78. The number of hydrogen-bond acceptors (Lipinski definition) is 3. The zero-order valence-electron chi connectivity index (χ0n) is 12.0. The minimum absolute atomic E-state index is 0.406. The number of alkyl halides is 1. The Bertz CT molecular complexity index is 562. The molecule has 1 aliphatic heterocycles. The van der Waals surface area contributed by atoms with Crippen molar-refractivity contribution in [3.63, 3.8) is 0 Å². The predicted octanol–water partition coefficient (Wildman–Crippen LogP) is 3.38. The second kappa shape index (κ2) is 5.20. The van der Waals surface area contributed by atoms with E-state index in [1.54, 1.807) is 12.1 Å². The molecule has 1 atom stereocenters. The summed E-state index contributed by atoms with van der Waals surface area (Å²) in [6.07, 6.45) is 1.54. The van der Waals surface area contributed by atoms with Gasteiger partial charge in [0.1, 0.15) is 19.4 Å². The molecular weight excluding hydrogens is 275 g/mol. The van der Waals surface area contributed by atoms with E-state index in [9.17, 15) is 14.3 Å². The van der Waals surface area contributed by atoms with Crippen LogP contribution < -0.4 is 9.47 Å². The van der Waals surface area contributed by atoms with Gasteiger partial charge in [0.25, 0.3) is 0 Å². The molecule has 0 bridgehead atoms. The molecule has 114 valence electrons. The summed E-state index contributed by atoms with van der Waals surface area (Å²) in [5.74, 6) is 0.148. The van der Waals surface area contributed by atoms with Crippen LogP contribution in [-0.2, 0) is 10.2 Å². The van der Waals surface area contributed by atoms with Crippen molar-refractivity contribution in [3.8, 4) is 11.5 Å². The van der Waals surface area contributed by atoms with E-state index in [2.05, 4.69) is 0 Å². The fraction of sp³-hybridized carbons (Fsp3) is 0.562. The third-order valence-corrected chi connectivity index (χ3v) is 4.52. The molecule has 21 heavy (non-hydrogen) atoms. The van der Waals surface area contributed by atoms with Crippen LogP contribution >= 0.6 is 0 Å². The van der Waals surface area contributed by atoms with Crippen molar-refractivity contribution in [2.24, 2.45) is 0 Å². The van der Waals surface area contributed by atoms with E-state index in [0.717, 1.165) is 12.8 Å². The molecule has 0 spiro atoms. The Morgan fingerprint density at radius 3 is 2.33 bits per heavy atom. The molecule has 5 heteroatoms. The first-order valence-electron chi connectivity index (χ1n) is 7.36. The van der Waals surface area contributed by atoms with Gasteiger partial charge in [-0.2, -0.15) is 0 Å². The number of rotatable bonds is 3. The van der Waals surface area contributed by atoms with Gasteiger partial charge in [-0.05, 0) is 43.0 Å². The SMILES string of the molecule is CC(F)c1cc2c(cc1C1(C(=O)O)CCCC1)OCCO2. The highest BCUT2D eigenvalue weighted by Crippen LogP contribution is 2.48. The average Bonchev–Trinajstić information content (AvgIpc) is 2.96. The first kappa shape index (κ1) is 14.2. The van der Waals surface area contributed by atoms with Gasteiger partial charge < -0.3 is 14.6 Å². The molecule has 4 nitrogen and oxygen atoms in total. The van der Waals surface area contributed by atoms with Gasteiger partial charge in [-0.15, -0.1) is 0 Å². The number of carbonyl (C=O) groups is 1. The molecule has 2 aliphatic rings. The summed E-state index contributed by atoms with van der Waals surface area (Å²) in [5.41, 5.74) is -0.0405. The summed E-state index contributed by atoms with van der Waals surface area (Å²) in [5, 5.41) is 9.73. The van der Waals surface area contributed by atoms with Gasteiger partial charge in [0.15, 0.2) is 11.5 Å². The number of aliphatic carboxylic acids is 1. The zero-order chi connectivity index (χ0) is 15.0. The Kier molecular flexibility index (Phi) is 3.51. The van der Waals surface area contributed by atoms with E-state index < -0.39 is 17.6 Å². The minimum Gasteiger partial charge on any atom is -0.486 e. The maximum Gasteiger partial charge on any atom is 0.314 e. The van der Waals surface area contributed by atoms with Crippen LogP contribution in [0.15, 0.2) is 12.1 Å². The Balaban J connectivity index is 2.17. The third kappa shape index (κ3) is 2.24. The maximum atomic E-state index is 14.1. The van der Waals surface area contributed by atoms with Crippen molar-refractivity contribution in [2.45, 2.75) is 44.2 Å². The van der Waals surface area contributed by atoms with E-state index in [4.69, 9.17) is 9.47 Å². The standard InChI is InChI=1S/C16H19FO4/c1-10(17)11-8-13-14(21-7-6-20-13)9-12(11)16(15(18)19)4-2-3-5-16/h8-10H,2-7H2,1H3,(H,18,19). The molecule has 0 radical (unpaired) electrons. The highest BCUT2D eigenvalue weighted by Gasteiger charge is 2.45. The second-order valence-corrected chi connectivity index (χ2v) is 5.79.